The van der Waals surface area contributed by atoms with Gasteiger partial charge in [-0.1, -0.05) is 43.8 Å². The Kier molecular flexibility index (Phi) is 6.18. The molecule has 1 fully saturated rings. The Bertz CT molecular complexity index is 1010. The number of carbonyl (C=O) groups excluding carboxylic acids is 1. The molecule has 0 radical (unpaired) electrons. The first-order chi connectivity index (χ1) is 14.5. The largest absolute Gasteiger partial charge is 0.341 e. The maximum atomic E-state index is 12.9. The molecule has 6 nitrogen and oxygen atoms in total. The van der Waals surface area contributed by atoms with Gasteiger partial charge in [0.2, 0.25) is 5.91 Å². The van der Waals surface area contributed by atoms with Crippen molar-refractivity contribution < 1.29 is 4.79 Å². The fraction of sp³-hybridized carbons (Fsp3) is 0.391. The Morgan fingerprint density at radius 2 is 1.87 bits per heavy atom. The van der Waals surface area contributed by atoms with Gasteiger partial charge in [0, 0.05) is 31.0 Å². The van der Waals surface area contributed by atoms with Crippen molar-refractivity contribution in [3.8, 4) is 17.1 Å². The Balaban J connectivity index is 1.61. The molecule has 1 saturated heterocycles. The van der Waals surface area contributed by atoms with Crippen LogP contribution in [0.5, 0.6) is 0 Å². The van der Waals surface area contributed by atoms with Gasteiger partial charge in [0.1, 0.15) is 0 Å². The van der Waals surface area contributed by atoms with E-state index >= 15 is 0 Å². The van der Waals surface area contributed by atoms with Gasteiger partial charge in [0.05, 0.1) is 11.4 Å². The van der Waals surface area contributed by atoms with E-state index in [1.807, 2.05) is 33.7 Å². The molecule has 4 rings (SSSR count). The van der Waals surface area contributed by atoms with Crippen LogP contribution < -0.4 is 0 Å². The highest BCUT2D eigenvalue weighted by molar-refractivity contribution is 7.99. The number of hydrogen-bond donors (Lipinski definition) is 0. The number of aryl methyl sites for hydroxylation is 1. The first-order valence-corrected chi connectivity index (χ1v) is 11.3. The molecule has 3 heterocycles. The van der Waals surface area contributed by atoms with Crippen LogP contribution >= 0.6 is 11.8 Å². The van der Waals surface area contributed by atoms with Crippen LogP contribution in [0, 0.1) is 18.8 Å². The summed E-state index contributed by atoms with van der Waals surface area (Å²) in [4.78, 5) is 19.1. The molecule has 1 aliphatic heterocycles. The van der Waals surface area contributed by atoms with Gasteiger partial charge in [-0.15, -0.1) is 10.2 Å². The predicted octanol–water partition coefficient (Wildman–Crippen LogP) is 4.23. The van der Waals surface area contributed by atoms with Crippen molar-refractivity contribution >= 4 is 17.7 Å². The molecule has 1 aromatic carbocycles. The summed E-state index contributed by atoms with van der Waals surface area (Å²) in [5.74, 6) is 2.36. The van der Waals surface area contributed by atoms with Gasteiger partial charge in [0.15, 0.2) is 11.0 Å². The van der Waals surface area contributed by atoms with E-state index in [9.17, 15) is 4.79 Å². The predicted molar refractivity (Wildman–Crippen MR) is 120 cm³/mol. The molecule has 0 N–H and O–H groups in total. The van der Waals surface area contributed by atoms with Gasteiger partial charge in [-0.05, 0) is 48.9 Å². The average molecular weight is 422 g/mol. The molecule has 3 aromatic rings. The molecule has 2 atom stereocenters. The number of amides is 1. The maximum absolute atomic E-state index is 12.9. The Labute approximate surface area is 181 Å². The molecule has 0 aliphatic carbocycles. The van der Waals surface area contributed by atoms with Crippen molar-refractivity contribution in [2.75, 3.05) is 18.8 Å². The molecular formula is C23H27N5OS. The minimum absolute atomic E-state index is 0.167. The zero-order valence-electron chi connectivity index (χ0n) is 17.7. The Morgan fingerprint density at radius 3 is 2.57 bits per heavy atom. The zero-order chi connectivity index (χ0) is 21.1. The minimum Gasteiger partial charge on any atom is -0.341 e. The van der Waals surface area contributed by atoms with Crippen molar-refractivity contribution in [1.29, 1.82) is 0 Å². The van der Waals surface area contributed by atoms with Crippen LogP contribution in [0.15, 0.2) is 53.9 Å². The summed E-state index contributed by atoms with van der Waals surface area (Å²) in [6, 6.07) is 12.0. The van der Waals surface area contributed by atoms with Gasteiger partial charge >= 0.3 is 0 Å². The SMILES string of the molecule is Cc1ccccc1-n1c(SCC(=O)N2C[C@@H](C)C[C@H](C)C2)nnc1-c1cccnc1. The summed E-state index contributed by atoms with van der Waals surface area (Å²) in [6.07, 6.45) is 4.72. The summed E-state index contributed by atoms with van der Waals surface area (Å²) in [6.45, 7) is 8.19. The van der Waals surface area contributed by atoms with Crippen LogP contribution in [0.25, 0.3) is 17.1 Å². The smallest absolute Gasteiger partial charge is 0.233 e. The second kappa shape index (κ2) is 9.00. The maximum Gasteiger partial charge on any atom is 0.233 e. The summed E-state index contributed by atoms with van der Waals surface area (Å²) >= 11 is 1.45. The Morgan fingerprint density at radius 1 is 1.10 bits per heavy atom. The molecular weight excluding hydrogens is 394 g/mol. The number of rotatable bonds is 5. The highest BCUT2D eigenvalue weighted by Gasteiger charge is 2.26. The van der Waals surface area contributed by atoms with E-state index < -0.39 is 0 Å². The molecule has 2 aromatic heterocycles. The number of piperidine rings is 1. The third-order valence-electron chi connectivity index (χ3n) is 5.46. The van der Waals surface area contributed by atoms with Crippen molar-refractivity contribution in [3.63, 3.8) is 0 Å². The lowest BCUT2D eigenvalue weighted by Gasteiger charge is -2.35. The number of hydrogen-bond acceptors (Lipinski definition) is 5. The highest BCUT2D eigenvalue weighted by Crippen LogP contribution is 2.30. The molecule has 156 valence electrons. The monoisotopic (exact) mass is 421 g/mol. The summed E-state index contributed by atoms with van der Waals surface area (Å²) < 4.78 is 2.03. The van der Waals surface area contributed by atoms with Crippen molar-refractivity contribution in [3.05, 3.63) is 54.4 Å². The number of carbonyl (C=O) groups is 1. The van der Waals surface area contributed by atoms with Crippen LogP contribution in [0.4, 0.5) is 0 Å². The quantitative estimate of drug-likeness (QED) is 0.577. The first kappa shape index (κ1) is 20.6. The van der Waals surface area contributed by atoms with E-state index in [4.69, 9.17) is 0 Å². The number of thioether (sulfide) groups is 1. The number of benzene rings is 1. The standard InChI is InChI=1S/C23H27N5OS/c1-16-11-17(2)14-27(13-16)21(29)15-30-23-26-25-22(19-8-6-10-24-12-19)28(23)20-9-5-4-7-18(20)3/h4-10,12,16-17H,11,13-15H2,1-3H3/t16-,17-/m0/s1. The molecule has 30 heavy (non-hydrogen) atoms. The first-order valence-electron chi connectivity index (χ1n) is 10.4. The lowest BCUT2D eigenvalue weighted by atomic mass is 9.92. The van der Waals surface area contributed by atoms with E-state index in [2.05, 4.69) is 48.1 Å². The lowest BCUT2D eigenvalue weighted by Crippen LogP contribution is -2.43. The van der Waals surface area contributed by atoms with E-state index in [0.29, 0.717) is 17.6 Å². The number of likely N-dealkylation sites (tertiary alicyclic amines) is 1. The molecule has 0 unspecified atom stereocenters. The number of aromatic nitrogens is 4. The van der Waals surface area contributed by atoms with Crippen molar-refractivity contribution in [2.45, 2.75) is 32.3 Å². The summed E-state index contributed by atoms with van der Waals surface area (Å²) in [5, 5.41) is 9.60. The molecule has 0 bridgehead atoms. The van der Waals surface area contributed by atoms with Gasteiger partial charge < -0.3 is 4.90 Å². The van der Waals surface area contributed by atoms with E-state index in [-0.39, 0.29) is 5.91 Å². The third-order valence-corrected chi connectivity index (χ3v) is 6.37. The van der Waals surface area contributed by atoms with Gasteiger partial charge in [-0.2, -0.15) is 0 Å². The van der Waals surface area contributed by atoms with Crippen LogP contribution in [0.2, 0.25) is 0 Å². The molecule has 0 saturated carbocycles. The van der Waals surface area contributed by atoms with Crippen LogP contribution in [-0.4, -0.2) is 49.4 Å². The fourth-order valence-electron chi connectivity index (χ4n) is 4.16. The van der Waals surface area contributed by atoms with Crippen LogP contribution in [0.1, 0.15) is 25.8 Å². The lowest BCUT2D eigenvalue weighted by molar-refractivity contribution is -0.130. The second-order valence-corrected chi connectivity index (χ2v) is 9.15. The van der Waals surface area contributed by atoms with E-state index in [1.54, 1.807) is 12.4 Å². The number of pyridine rings is 1. The normalized spacial score (nSPS) is 19.1. The van der Waals surface area contributed by atoms with E-state index in [0.717, 1.165) is 40.9 Å². The molecule has 0 spiro atoms. The van der Waals surface area contributed by atoms with Crippen LogP contribution in [0.3, 0.4) is 0 Å². The third kappa shape index (κ3) is 4.41. The summed E-state index contributed by atoms with van der Waals surface area (Å²) in [7, 11) is 0. The van der Waals surface area contributed by atoms with E-state index in [1.165, 1.54) is 18.2 Å². The van der Waals surface area contributed by atoms with Gasteiger partial charge in [0.25, 0.3) is 0 Å². The topological polar surface area (TPSA) is 63.9 Å². The van der Waals surface area contributed by atoms with Gasteiger partial charge in [-0.25, -0.2) is 0 Å². The van der Waals surface area contributed by atoms with Crippen molar-refractivity contribution in [1.82, 2.24) is 24.6 Å². The van der Waals surface area contributed by atoms with Crippen LogP contribution in [-0.2, 0) is 4.79 Å². The zero-order valence-corrected chi connectivity index (χ0v) is 18.5. The average Bonchev–Trinajstić information content (AvgIpc) is 3.16. The van der Waals surface area contributed by atoms with Gasteiger partial charge in [-0.3, -0.25) is 14.3 Å². The number of para-hydroxylation sites is 1. The minimum atomic E-state index is 0.167. The summed E-state index contributed by atoms with van der Waals surface area (Å²) in [5.41, 5.74) is 3.02. The highest BCUT2D eigenvalue weighted by atomic mass is 32.2. The Hall–Kier alpha value is -2.67. The molecule has 1 aliphatic rings. The number of nitrogens with zero attached hydrogens (tertiary/aromatic N) is 5. The molecule has 7 heteroatoms. The second-order valence-electron chi connectivity index (χ2n) is 8.20. The van der Waals surface area contributed by atoms with Crippen molar-refractivity contribution in [2.24, 2.45) is 11.8 Å². The molecule has 1 amide bonds. The fourth-order valence-corrected chi connectivity index (χ4v) is 5.01.